The number of hydrogen-bond acceptors (Lipinski definition) is 4. The molecule has 0 bridgehead atoms. The van der Waals surface area contributed by atoms with E-state index in [1.54, 1.807) is 23.0 Å². The van der Waals surface area contributed by atoms with Crippen LogP contribution in [0.2, 0.25) is 0 Å². The maximum Gasteiger partial charge on any atom is 0.268 e. The fourth-order valence-corrected chi connectivity index (χ4v) is 5.26. The Morgan fingerprint density at radius 3 is 2.71 bits per heavy atom. The number of nitrogens with zero attached hydrogens (tertiary/aromatic N) is 4. The van der Waals surface area contributed by atoms with E-state index < -0.39 is 5.66 Å². The largest absolute Gasteiger partial charge is 0.304 e. The molecule has 2 saturated heterocycles. The van der Waals surface area contributed by atoms with E-state index in [9.17, 15) is 4.79 Å². The van der Waals surface area contributed by atoms with Crippen molar-refractivity contribution in [1.29, 1.82) is 0 Å². The molecular formula is C23H26N4O. The van der Waals surface area contributed by atoms with Gasteiger partial charge >= 0.3 is 0 Å². The summed E-state index contributed by atoms with van der Waals surface area (Å²) in [6.07, 6.45) is 10.3. The molecule has 2 aromatic rings. The number of likely N-dealkylation sites (tertiary alicyclic amines) is 2. The van der Waals surface area contributed by atoms with Gasteiger partial charge in [-0.15, -0.1) is 0 Å². The van der Waals surface area contributed by atoms with Gasteiger partial charge in [-0.25, -0.2) is 4.68 Å². The molecule has 144 valence electrons. The topological polar surface area (TPSA) is 41.4 Å². The van der Waals surface area contributed by atoms with E-state index >= 15 is 0 Å². The van der Waals surface area contributed by atoms with Gasteiger partial charge in [0.1, 0.15) is 5.66 Å². The summed E-state index contributed by atoms with van der Waals surface area (Å²) in [5, 5.41) is 4.52. The molecule has 3 aliphatic rings. The summed E-state index contributed by atoms with van der Waals surface area (Å²) in [5.41, 5.74) is 1.85. The highest BCUT2D eigenvalue weighted by molar-refractivity contribution is 5.75. The highest BCUT2D eigenvalue weighted by Gasteiger charge is 2.50. The number of allylic oxidation sites excluding steroid dienone is 2. The van der Waals surface area contributed by atoms with Crippen LogP contribution in [-0.2, 0) is 5.66 Å². The van der Waals surface area contributed by atoms with E-state index in [2.05, 4.69) is 64.4 Å². The lowest BCUT2D eigenvalue weighted by atomic mass is 9.90. The van der Waals surface area contributed by atoms with E-state index in [0.29, 0.717) is 12.0 Å². The van der Waals surface area contributed by atoms with Crippen LogP contribution in [0, 0.1) is 5.92 Å². The highest BCUT2D eigenvalue weighted by atomic mass is 16.1. The van der Waals surface area contributed by atoms with Crippen LogP contribution in [0.4, 0.5) is 0 Å². The molecule has 1 unspecified atom stereocenters. The molecule has 1 aliphatic carbocycles. The van der Waals surface area contributed by atoms with Gasteiger partial charge in [0.25, 0.3) is 5.56 Å². The molecule has 5 rings (SSSR count). The predicted molar refractivity (Wildman–Crippen MR) is 111 cm³/mol. The Labute approximate surface area is 165 Å². The Hall–Kier alpha value is -2.50. The molecule has 1 aromatic heterocycles. The monoisotopic (exact) mass is 374 g/mol. The van der Waals surface area contributed by atoms with Crippen LogP contribution in [0.15, 0.2) is 71.7 Å². The zero-order valence-electron chi connectivity index (χ0n) is 16.2. The van der Waals surface area contributed by atoms with E-state index in [0.717, 1.165) is 26.1 Å². The molecule has 5 heteroatoms. The first kappa shape index (κ1) is 17.6. The number of rotatable bonds is 3. The highest BCUT2D eigenvalue weighted by Crippen LogP contribution is 2.42. The van der Waals surface area contributed by atoms with Crippen LogP contribution in [0.1, 0.15) is 18.4 Å². The van der Waals surface area contributed by atoms with Gasteiger partial charge in [-0.2, -0.15) is 5.10 Å². The minimum atomic E-state index is -0.527. The first-order chi connectivity index (χ1) is 13.7. The molecule has 2 aliphatic heterocycles. The second-order valence-electron chi connectivity index (χ2n) is 8.25. The zero-order valence-corrected chi connectivity index (χ0v) is 16.2. The van der Waals surface area contributed by atoms with E-state index in [-0.39, 0.29) is 5.56 Å². The van der Waals surface area contributed by atoms with Crippen molar-refractivity contribution in [3.8, 4) is 0 Å². The van der Waals surface area contributed by atoms with Crippen molar-refractivity contribution in [2.24, 2.45) is 5.92 Å². The Balaban J connectivity index is 1.57. The van der Waals surface area contributed by atoms with Crippen molar-refractivity contribution in [2.75, 3.05) is 26.7 Å². The van der Waals surface area contributed by atoms with Gasteiger partial charge < -0.3 is 4.90 Å². The van der Waals surface area contributed by atoms with Gasteiger partial charge in [-0.3, -0.25) is 9.69 Å². The van der Waals surface area contributed by atoms with Crippen molar-refractivity contribution >= 4 is 5.57 Å². The van der Waals surface area contributed by atoms with Crippen LogP contribution in [0.25, 0.3) is 5.57 Å². The molecule has 0 radical (unpaired) electrons. The quantitative estimate of drug-likeness (QED) is 0.828. The molecule has 3 heterocycles. The van der Waals surface area contributed by atoms with Crippen LogP contribution in [-0.4, -0.2) is 52.3 Å². The fourth-order valence-electron chi connectivity index (χ4n) is 5.26. The summed E-state index contributed by atoms with van der Waals surface area (Å²) < 4.78 is 1.70. The number of likely N-dealkylation sites (N-methyl/N-ethyl adjacent to an activating group) is 1. The third-order valence-corrected chi connectivity index (χ3v) is 6.57. The van der Waals surface area contributed by atoms with Gasteiger partial charge in [-0.1, -0.05) is 42.5 Å². The Morgan fingerprint density at radius 2 is 1.96 bits per heavy atom. The number of aromatic nitrogens is 2. The first-order valence-electron chi connectivity index (χ1n) is 10.1. The number of fused-ring (bicyclic) bond motifs is 1. The molecule has 2 fully saturated rings. The van der Waals surface area contributed by atoms with E-state index in [4.69, 9.17) is 0 Å². The summed E-state index contributed by atoms with van der Waals surface area (Å²) in [6.45, 7) is 3.20. The second-order valence-corrected chi connectivity index (χ2v) is 8.25. The molecule has 0 spiro atoms. The molecule has 0 saturated carbocycles. The summed E-state index contributed by atoms with van der Waals surface area (Å²) in [5.74, 6) is 0.675. The summed E-state index contributed by atoms with van der Waals surface area (Å²) in [7, 11) is 2.19. The maximum absolute atomic E-state index is 12.8. The lowest BCUT2D eigenvalue weighted by Crippen LogP contribution is -2.57. The Morgan fingerprint density at radius 1 is 1.11 bits per heavy atom. The maximum atomic E-state index is 12.8. The van der Waals surface area contributed by atoms with Crippen LogP contribution in [0.5, 0.6) is 0 Å². The number of hydrogen-bond donors (Lipinski definition) is 0. The SMILES string of the molecule is CN1C[C@H]2CCN(C3(n4ncccc4=O)C=CC(c4ccccc4)=CC3)[C@H]2C1. The molecule has 0 amide bonds. The zero-order chi connectivity index (χ0) is 19.1. The lowest BCUT2D eigenvalue weighted by Gasteiger charge is -2.44. The third-order valence-electron chi connectivity index (χ3n) is 6.57. The lowest BCUT2D eigenvalue weighted by molar-refractivity contribution is 0.0325. The summed E-state index contributed by atoms with van der Waals surface area (Å²) in [6, 6.07) is 14.2. The summed E-state index contributed by atoms with van der Waals surface area (Å²) >= 11 is 0. The minimum Gasteiger partial charge on any atom is -0.304 e. The van der Waals surface area contributed by atoms with Crippen LogP contribution < -0.4 is 5.56 Å². The van der Waals surface area contributed by atoms with Crippen molar-refractivity contribution in [1.82, 2.24) is 19.6 Å². The van der Waals surface area contributed by atoms with Gasteiger partial charge in [-0.05, 0) is 42.7 Å². The Kier molecular flexibility index (Phi) is 4.29. The predicted octanol–water partition coefficient (Wildman–Crippen LogP) is 2.58. The fraction of sp³-hybridized carbons (Fsp3) is 0.391. The average molecular weight is 374 g/mol. The molecule has 3 atom stereocenters. The summed E-state index contributed by atoms with van der Waals surface area (Å²) in [4.78, 5) is 17.7. The Bertz CT molecular complexity index is 979. The minimum absolute atomic E-state index is 0.0430. The first-order valence-corrected chi connectivity index (χ1v) is 10.1. The third kappa shape index (κ3) is 2.77. The van der Waals surface area contributed by atoms with Crippen molar-refractivity contribution in [3.63, 3.8) is 0 Å². The van der Waals surface area contributed by atoms with Gasteiger partial charge in [0.05, 0.1) is 0 Å². The standard InChI is InChI=1S/C23H26N4O/c1-25-16-20-11-15-26(21(20)17-25)23(27-22(28)8-5-14-24-27)12-9-19(10-13-23)18-6-3-2-4-7-18/h2-10,12,14,20-21H,11,13,15-17H2,1H3/t20-,21+,23?/m1/s1. The smallest absolute Gasteiger partial charge is 0.268 e. The average Bonchev–Trinajstić information content (AvgIpc) is 3.28. The van der Waals surface area contributed by atoms with Crippen molar-refractivity contribution in [3.05, 3.63) is 82.8 Å². The second kappa shape index (κ2) is 6.83. The molecule has 1 aromatic carbocycles. The van der Waals surface area contributed by atoms with Gasteiger partial charge in [0.15, 0.2) is 0 Å². The van der Waals surface area contributed by atoms with Crippen molar-refractivity contribution in [2.45, 2.75) is 24.5 Å². The van der Waals surface area contributed by atoms with E-state index in [1.165, 1.54) is 17.6 Å². The van der Waals surface area contributed by atoms with Gasteiger partial charge in [0, 0.05) is 44.4 Å². The molecule has 28 heavy (non-hydrogen) atoms. The normalized spacial score (nSPS) is 30.4. The molecule has 5 nitrogen and oxygen atoms in total. The van der Waals surface area contributed by atoms with Crippen LogP contribution >= 0.6 is 0 Å². The van der Waals surface area contributed by atoms with E-state index in [1.807, 2.05) is 6.07 Å². The van der Waals surface area contributed by atoms with Crippen LogP contribution in [0.3, 0.4) is 0 Å². The molecular weight excluding hydrogens is 348 g/mol. The van der Waals surface area contributed by atoms with Crippen molar-refractivity contribution < 1.29 is 0 Å². The van der Waals surface area contributed by atoms with Gasteiger partial charge in [0.2, 0.25) is 0 Å². The number of benzene rings is 1. The molecule has 0 N–H and O–H groups in total.